The van der Waals surface area contributed by atoms with E-state index in [-0.39, 0.29) is 0 Å². The van der Waals surface area contributed by atoms with E-state index in [9.17, 15) is 18.0 Å². The van der Waals surface area contributed by atoms with Crippen molar-refractivity contribution in [2.45, 2.75) is 6.18 Å². The molecule has 0 aromatic heterocycles. The number of nitrogen functional groups attached to an aromatic ring is 1. The highest BCUT2D eigenvalue weighted by atomic mass is 19.4. The van der Waals surface area contributed by atoms with E-state index in [1.807, 2.05) is 23.1 Å². The predicted octanol–water partition coefficient (Wildman–Crippen LogP) is 2.09. The van der Waals surface area contributed by atoms with Crippen LogP contribution < -0.4 is 10.6 Å². The van der Waals surface area contributed by atoms with Crippen LogP contribution in [0.4, 0.5) is 29.3 Å². The van der Waals surface area contributed by atoms with Gasteiger partial charge in [0, 0.05) is 26.2 Å². The lowest BCUT2D eigenvalue weighted by molar-refractivity contribution is -0.162. The van der Waals surface area contributed by atoms with Gasteiger partial charge in [-0.3, -0.25) is 0 Å². The molecule has 21 heavy (non-hydrogen) atoms. The number of nitrogens with zero attached hydrogens (tertiary/aromatic N) is 2. The minimum Gasteiger partial charge on any atom is -0.440 e. The summed E-state index contributed by atoms with van der Waals surface area (Å²) in [6.45, 7) is 0.0262. The molecular formula is C13H16F3N3O2. The summed E-state index contributed by atoms with van der Waals surface area (Å²) in [6, 6.07) is 7.32. The summed E-state index contributed by atoms with van der Waals surface area (Å²) in [6.07, 6.45) is -5.44. The van der Waals surface area contributed by atoms with Gasteiger partial charge < -0.3 is 20.3 Å². The molecule has 1 amide bonds. The monoisotopic (exact) mass is 303 g/mol. The molecule has 2 rings (SSSR count). The number of ether oxygens (including phenoxy) is 1. The third kappa shape index (κ3) is 4.17. The maximum absolute atomic E-state index is 12.0. The van der Waals surface area contributed by atoms with Gasteiger partial charge in [-0.1, -0.05) is 12.1 Å². The average molecular weight is 303 g/mol. The van der Waals surface area contributed by atoms with Crippen molar-refractivity contribution in [3.8, 4) is 0 Å². The van der Waals surface area contributed by atoms with Gasteiger partial charge >= 0.3 is 12.3 Å². The van der Waals surface area contributed by atoms with Crippen molar-refractivity contribution in [1.29, 1.82) is 0 Å². The van der Waals surface area contributed by atoms with Crippen LogP contribution in [0.1, 0.15) is 0 Å². The number of anilines is 2. The van der Waals surface area contributed by atoms with Crippen LogP contribution >= 0.6 is 0 Å². The van der Waals surface area contributed by atoms with Crippen LogP contribution in [-0.2, 0) is 4.74 Å². The van der Waals surface area contributed by atoms with Gasteiger partial charge in [0.15, 0.2) is 6.61 Å². The van der Waals surface area contributed by atoms with Gasteiger partial charge in [-0.2, -0.15) is 13.2 Å². The molecule has 1 aliphatic rings. The lowest BCUT2D eigenvalue weighted by Gasteiger charge is -2.36. The number of para-hydroxylation sites is 2. The Hall–Kier alpha value is -2.12. The van der Waals surface area contributed by atoms with E-state index >= 15 is 0 Å². The molecule has 0 spiro atoms. The van der Waals surface area contributed by atoms with Crippen LogP contribution in [0, 0.1) is 0 Å². The molecule has 1 aliphatic heterocycles. The lowest BCUT2D eigenvalue weighted by Crippen LogP contribution is -2.49. The number of carbonyl (C=O) groups is 1. The highest BCUT2D eigenvalue weighted by molar-refractivity contribution is 5.70. The van der Waals surface area contributed by atoms with Gasteiger partial charge in [0.2, 0.25) is 0 Å². The molecule has 0 atom stereocenters. The van der Waals surface area contributed by atoms with Crippen molar-refractivity contribution in [1.82, 2.24) is 4.90 Å². The Morgan fingerprint density at radius 1 is 1.19 bits per heavy atom. The van der Waals surface area contributed by atoms with Crippen LogP contribution in [0.25, 0.3) is 0 Å². The first-order valence-corrected chi connectivity index (χ1v) is 6.45. The van der Waals surface area contributed by atoms with Gasteiger partial charge in [-0.15, -0.1) is 0 Å². The zero-order chi connectivity index (χ0) is 15.5. The number of carbonyl (C=O) groups excluding carboxylic acids is 1. The largest absolute Gasteiger partial charge is 0.440 e. The van der Waals surface area contributed by atoms with Crippen molar-refractivity contribution >= 4 is 17.5 Å². The predicted molar refractivity (Wildman–Crippen MR) is 72.0 cm³/mol. The number of amides is 1. The van der Waals surface area contributed by atoms with Crippen molar-refractivity contribution in [2.75, 3.05) is 43.4 Å². The van der Waals surface area contributed by atoms with Crippen molar-refractivity contribution in [2.24, 2.45) is 0 Å². The van der Waals surface area contributed by atoms with E-state index in [0.717, 1.165) is 5.69 Å². The summed E-state index contributed by atoms with van der Waals surface area (Å²) in [4.78, 5) is 14.8. The molecule has 116 valence electrons. The second-order valence-corrected chi connectivity index (χ2v) is 4.70. The molecule has 0 saturated carbocycles. The van der Waals surface area contributed by atoms with Crippen molar-refractivity contribution in [3.63, 3.8) is 0 Å². The zero-order valence-corrected chi connectivity index (χ0v) is 11.3. The van der Waals surface area contributed by atoms with Gasteiger partial charge in [-0.05, 0) is 12.1 Å². The smallest absolute Gasteiger partial charge is 0.422 e. The molecule has 1 aromatic carbocycles. The summed E-state index contributed by atoms with van der Waals surface area (Å²) >= 11 is 0. The van der Waals surface area contributed by atoms with E-state index in [4.69, 9.17) is 5.73 Å². The third-order valence-electron chi connectivity index (χ3n) is 3.17. The van der Waals surface area contributed by atoms with Gasteiger partial charge in [-0.25, -0.2) is 4.79 Å². The van der Waals surface area contributed by atoms with Crippen LogP contribution in [0.3, 0.4) is 0 Å². The molecule has 1 heterocycles. The fourth-order valence-corrected chi connectivity index (χ4v) is 2.14. The summed E-state index contributed by atoms with van der Waals surface area (Å²) < 4.78 is 40.2. The summed E-state index contributed by atoms with van der Waals surface area (Å²) in [7, 11) is 0. The molecule has 1 saturated heterocycles. The normalized spacial score (nSPS) is 16.0. The highest BCUT2D eigenvalue weighted by Crippen LogP contribution is 2.23. The molecule has 5 nitrogen and oxygen atoms in total. The maximum atomic E-state index is 12.0. The van der Waals surface area contributed by atoms with Gasteiger partial charge in [0.1, 0.15) is 0 Å². The Kier molecular flexibility index (Phi) is 4.44. The van der Waals surface area contributed by atoms with Crippen LogP contribution in [0.5, 0.6) is 0 Å². The first-order valence-electron chi connectivity index (χ1n) is 6.45. The first kappa shape index (κ1) is 15.3. The number of benzene rings is 1. The van der Waals surface area contributed by atoms with Gasteiger partial charge in [0.25, 0.3) is 0 Å². The van der Waals surface area contributed by atoms with Crippen LogP contribution in [-0.4, -0.2) is 50.0 Å². The Labute approximate surface area is 120 Å². The van der Waals surface area contributed by atoms with Crippen molar-refractivity contribution < 1.29 is 22.7 Å². The van der Waals surface area contributed by atoms with E-state index < -0.39 is 18.9 Å². The molecule has 0 unspecified atom stereocenters. The fourth-order valence-electron chi connectivity index (χ4n) is 2.14. The molecule has 2 N–H and O–H groups in total. The number of rotatable bonds is 2. The topological polar surface area (TPSA) is 58.8 Å². The van der Waals surface area contributed by atoms with E-state index in [2.05, 4.69) is 4.74 Å². The molecule has 0 bridgehead atoms. The number of halogens is 3. The Balaban J connectivity index is 1.86. The molecule has 8 heteroatoms. The van der Waals surface area contributed by atoms with E-state index in [1.54, 1.807) is 6.07 Å². The summed E-state index contributed by atoms with van der Waals surface area (Å²) in [5.41, 5.74) is 7.36. The number of alkyl halides is 3. The summed E-state index contributed by atoms with van der Waals surface area (Å²) in [5.74, 6) is 0. The quantitative estimate of drug-likeness (QED) is 0.850. The molecule has 0 radical (unpaired) electrons. The second kappa shape index (κ2) is 6.11. The van der Waals surface area contributed by atoms with E-state index in [1.165, 1.54) is 4.90 Å². The highest BCUT2D eigenvalue weighted by Gasteiger charge is 2.31. The Morgan fingerprint density at radius 2 is 1.81 bits per heavy atom. The molecular weight excluding hydrogens is 287 g/mol. The lowest BCUT2D eigenvalue weighted by atomic mass is 10.2. The number of piperazine rings is 1. The fraction of sp³-hybridized carbons (Fsp3) is 0.462. The Bertz CT molecular complexity index is 500. The minimum atomic E-state index is -4.50. The van der Waals surface area contributed by atoms with Gasteiger partial charge in [0.05, 0.1) is 11.4 Å². The van der Waals surface area contributed by atoms with Crippen LogP contribution in [0.15, 0.2) is 24.3 Å². The van der Waals surface area contributed by atoms with E-state index in [0.29, 0.717) is 31.9 Å². The molecule has 1 fully saturated rings. The number of nitrogens with two attached hydrogens (primary N) is 1. The minimum absolute atomic E-state index is 0.297. The SMILES string of the molecule is Nc1ccccc1N1CCN(C(=O)OCC(F)(F)F)CC1. The maximum Gasteiger partial charge on any atom is 0.422 e. The zero-order valence-electron chi connectivity index (χ0n) is 11.3. The number of hydrogen-bond acceptors (Lipinski definition) is 4. The third-order valence-corrected chi connectivity index (χ3v) is 3.17. The Morgan fingerprint density at radius 3 is 2.38 bits per heavy atom. The molecule has 1 aromatic rings. The standard InChI is InChI=1S/C13H16F3N3O2/c14-13(15,16)9-21-12(20)19-7-5-18(6-8-19)11-4-2-1-3-10(11)17/h1-4H,5-9,17H2. The first-order chi connectivity index (χ1) is 9.87. The van der Waals surface area contributed by atoms with Crippen LogP contribution in [0.2, 0.25) is 0 Å². The second-order valence-electron chi connectivity index (χ2n) is 4.70. The summed E-state index contributed by atoms with van der Waals surface area (Å²) in [5, 5.41) is 0. The molecule has 0 aliphatic carbocycles. The van der Waals surface area contributed by atoms with Crippen molar-refractivity contribution in [3.05, 3.63) is 24.3 Å². The average Bonchev–Trinajstić information content (AvgIpc) is 2.45. The number of hydrogen-bond donors (Lipinski definition) is 1.